The molecule has 5 nitrogen and oxygen atoms in total. The summed E-state index contributed by atoms with van der Waals surface area (Å²) in [6.45, 7) is 7.50. The Kier molecular flexibility index (Phi) is 7.37. The van der Waals surface area contributed by atoms with E-state index in [4.69, 9.17) is 4.74 Å². The highest BCUT2D eigenvalue weighted by Crippen LogP contribution is 2.22. The van der Waals surface area contributed by atoms with Crippen molar-refractivity contribution in [3.63, 3.8) is 0 Å². The molecule has 0 bridgehead atoms. The van der Waals surface area contributed by atoms with Crippen molar-refractivity contribution in [1.29, 1.82) is 0 Å². The first-order chi connectivity index (χ1) is 11.7. The molecule has 1 aromatic rings. The van der Waals surface area contributed by atoms with Gasteiger partial charge in [0.05, 0.1) is 7.11 Å². The first kappa shape index (κ1) is 18.6. The number of carbonyl (C=O) groups is 1. The van der Waals surface area contributed by atoms with E-state index in [-0.39, 0.29) is 6.03 Å². The maximum Gasteiger partial charge on any atom is 0.319 e. The molecule has 2 amide bonds. The van der Waals surface area contributed by atoms with Gasteiger partial charge in [-0.25, -0.2) is 4.79 Å². The zero-order valence-electron chi connectivity index (χ0n) is 15.2. The number of hydrogen-bond donors (Lipinski definition) is 2. The third-order valence-electron chi connectivity index (χ3n) is 5.02. The van der Waals surface area contributed by atoms with Gasteiger partial charge in [-0.3, -0.25) is 4.90 Å². The van der Waals surface area contributed by atoms with Gasteiger partial charge in [-0.1, -0.05) is 26.7 Å². The number of hydrogen-bond acceptors (Lipinski definition) is 3. The van der Waals surface area contributed by atoms with Crippen LogP contribution in [0.2, 0.25) is 0 Å². The molecule has 2 rings (SSSR count). The first-order valence-electron chi connectivity index (χ1n) is 9.10. The largest absolute Gasteiger partial charge is 0.497 e. The molecular formula is C19H31N3O2. The lowest BCUT2D eigenvalue weighted by Gasteiger charge is -2.33. The Hall–Kier alpha value is -1.75. The van der Waals surface area contributed by atoms with Crippen LogP contribution in [0.3, 0.4) is 0 Å². The Morgan fingerprint density at radius 2 is 1.79 bits per heavy atom. The molecule has 2 N–H and O–H groups in total. The Labute approximate surface area is 145 Å². The molecule has 5 heteroatoms. The van der Waals surface area contributed by atoms with E-state index < -0.39 is 0 Å². The lowest BCUT2D eigenvalue weighted by atomic mass is 9.93. The van der Waals surface area contributed by atoms with Gasteiger partial charge < -0.3 is 15.4 Å². The van der Waals surface area contributed by atoms with Crippen LogP contribution in [0.25, 0.3) is 0 Å². The van der Waals surface area contributed by atoms with Gasteiger partial charge in [0.15, 0.2) is 0 Å². The summed E-state index contributed by atoms with van der Waals surface area (Å²) in [5, 5.41) is 5.95. The molecule has 0 aromatic heterocycles. The summed E-state index contributed by atoms with van der Waals surface area (Å²) in [6.07, 6.45) is 4.85. The molecule has 0 spiro atoms. The first-order valence-corrected chi connectivity index (χ1v) is 9.10. The van der Waals surface area contributed by atoms with Crippen LogP contribution in [0.4, 0.5) is 10.5 Å². The Morgan fingerprint density at radius 1 is 1.17 bits per heavy atom. The van der Waals surface area contributed by atoms with E-state index in [0.717, 1.165) is 37.4 Å². The molecule has 1 heterocycles. The van der Waals surface area contributed by atoms with Crippen LogP contribution >= 0.6 is 0 Å². The highest BCUT2D eigenvalue weighted by Gasteiger charge is 2.27. The molecule has 0 unspecified atom stereocenters. The van der Waals surface area contributed by atoms with E-state index in [0.29, 0.717) is 18.5 Å². The highest BCUT2D eigenvalue weighted by atomic mass is 16.5. The lowest BCUT2D eigenvalue weighted by molar-refractivity contribution is 0.163. The van der Waals surface area contributed by atoms with Crippen LogP contribution < -0.4 is 15.4 Å². The Balaban J connectivity index is 1.88. The second-order valence-corrected chi connectivity index (χ2v) is 6.45. The predicted molar refractivity (Wildman–Crippen MR) is 98.7 cm³/mol. The van der Waals surface area contributed by atoms with Crippen molar-refractivity contribution < 1.29 is 9.53 Å². The third kappa shape index (κ3) is 5.13. The summed E-state index contributed by atoms with van der Waals surface area (Å²) in [5.74, 6) is 1.41. The summed E-state index contributed by atoms with van der Waals surface area (Å²) in [5.41, 5.74) is 0.772. The molecule has 1 atom stereocenters. The number of urea groups is 1. The van der Waals surface area contributed by atoms with E-state index in [1.54, 1.807) is 7.11 Å². The summed E-state index contributed by atoms with van der Waals surface area (Å²) < 4.78 is 5.13. The monoisotopic (exact) mass is 333 g/mol. The van der Waals surface area contributed by atoms with Gasteiger partial charge in [0.1, 0.15) is 5.75 Å². The smallest absolute Gasteiger partial charge is 0.319 e. The average molecular weight is 333 g/mol. The maximum atomic E-state index is 12.2. The number of rotatable bonds is 8. The average Bonchev–Trinajstić information content (AvgIpc) is 3.13. The summed E-state index contributed by atoms with van der Waals surface area (Å²) in [7, 11) is 1.63. The number of carbonyl (C=O) groups excluding carboxylic acids is 1. The number of nitrogens with zero attached hydrogens (tertiary/aromatic N) is 1. The van der Waals surface area contributed by atoms with Crippen LogP contribution in [0, 0.1) is 5.92 Å². The normalized spacial score (nSPS) is 16.2. The number of likely N-dealkylation sites (tertiary alicyclic amines) is 1. The topological polar surface area (TPSA) is 53.6 Å². The van der Waals surface area contributed by atoms with Gasteiger partial charge in [-0.15, -0.1) is 0 Å². The summed E-state index contributed by atoms with van der Waals surface area (Å²) >= 11 is 0. The number of nitrogens with one attached hydrogen (secondary N) is 2. The highest BCUT2D eigenvalue weighted by molar-refractivity contribution is 5.89. The second kappa shape index (κ2) is 9.52. The summed E-state index contributed by atoms with van der Waals surface area (Å²) in [6, 6.07) is 7.66. The van der Waals surface area contributed by atoms with Crippen LogP contribution in [0.5, 0.6) is 5.75 Å². The van der Waals surface area contributed by atoms with Crippen molar-refractivity contribution >= 4 is 11.7 Å². The molecule has 1 aromatic carbocycles. The minimum atomic E-state index is -0.143. The predicted octanol–water partition coefficient (Wildman–Crippen LogP) is 3.72. The van der Waals surface area contributed by atoms with Gasteiger partial charge in [-0.2, -0.15) is 0 Å². The van der Waals surface area contributed by atoms with Gasteiger partial charge in [0.2, 0.25) is 0 Å². The summed E-state index contributed by atoms with van der Waals surface area (Å²) in [4.78, 5) is 14.8. The van der Waals surface area contributed by atoms with Crippen molar-refractivity contribution in [1.82, 2.24) is 10.2 Å². The molecular weight excluding hydrogens is 302 g/mol. The van der Waals surface area contributed by atoms with Crippen LogP contribution in [-0.2, 0) is 0 Å². The van der Waals surface area contributed by atoms with Crippen molar-refractivity contribution in [3.8, 4) is 5.75 Å². The van der Waals surface area contributed by atoms with E-state index in [1.807, 2.05) is 24.3 Å². The molecule has 0 saturated carbocycles. The standard InChI is InChI=1S/C19H31N3O2/c1-4-15(5-2)18(22-12-6-7-13-22)14-20-19(23)21-16-8-10-17(24-3)11-9-16/h8-11,15,18H,4-7,12-14H2,1-3H3,(H2,20,21,23)/t18-/m1/s1. The minimum absolute atomic E-state index is 0.143. The fourth-order valence-corrected chi connectivity index (χ4v) is 3.55. The molecule has 24 heavy (non-hydrogen) atoms. The number of methoxy groups -OCH3 is 1. The number of ether oxygens (including phenoxy) is 1. The molecule has 1 aliphatic rings. The van der Waals surface area contributed by atoms with Crippen LogP contribution in [0.15, 0.2) is 24.3 Å². The van der Waals surface area contributed by atoms with E-state index >= 15 is 0 Å². The van der Waals surface area contributed by atoms with Crippen molar-refractivity contribution in [3.05, 3.63) is 24.3 Å². The Morgan fingerprint density at radius 3 is 2.33 bits per heavy atom. The zero-order valence-corrected chi connectivity index (χ0v) is 15.2. The van der Waals surface area contributed by atoms with Gasteiger partial charge in [0.25, 0.3) is 0 Å². The zero-order chi connectivity index (χ0) is 17.4. The molecule has 1 fully saturated rings. The van der Waals surface area contributed by atoms with Crippen LogP contribution in [0.1, 0.15) is 39.5 Å². The van der Waals surface area contributed by atoms with Crippen molar-refractivity contribution in [2.24, 2.45) is 5.92 Å². The van der Waals surface area contributed by atoms with Gasteiger partial charge in [-0.05, 0) is 56.1 Å². The number of anilines is 1. The van der Waals surface area contributed by atoms with Gasteiger partial charge in [0, 0.05) is 18.3 Å². The fourth-order valence-electron chi connectivity index (χ4n) is 3.55. The third-order valence-corrected chi connectivity index (χ3v) is 5.02. The number of benzene rings is 1. The molecule has 1 aliphatic heterocycles. The lowest BCUT2D eigenvalue weighted by Crippen LogP contribution is -2.47. The van der Waals surface area contributed by atoms with Crippen molar-refractivity contribution in [2.45, 2.75) is 45.6 Å². The second-order valence-electron chi connectivity index (χ2n) is 6.45. The van der Waals surface area contributed by atoms with Crippen LogP contribution in [-0.4, -0.2) is 43.7 Å². The van der Waals surface area contributed by atoms with Crippen molar-refractivity contribution in [2.75, 3.05) is 32.1 Å². The van der Waals surface area contributed by atoms with E-state index in [2.05, 4.69) is 29.4 Å². The molecule has 134 valence electrons. The minimum Gasteiger partial charge on any atom is -0.497 e. The quantitative estimate of drug-likeness (QED) is 0.762. The van der Waals surface area contributed by atoms with E-state index in [9.17, 15) is 4.79 Å². The molecule has 0 radical (unpaired) electrons. The maximum absolute atomic E-state index is 12.2. The molecule has 1 saturated heterocycles. The SMILES string of the molecule is CCC(CC)[C@@H](CNC(=O)Nc1ccc(OC)cc1)N1CCCC1. The fraction of sp³-hybridized carbons (Fsp3) is 0.632. The van der Waals surface area contributed by atoms with Gasteiger partial charge >= 0.3 is 6.03 Å². The number of amides is 2. The Bertz CT molecular complexity index is 492. The van der Waals surface area contributed by atoms with E-state index in [1.165, 1.54) is 12.8 Å². The molecule has 0 aliphatic carbocycles.